The zero-order valence-corrected chi connectivity index (χ0v) is 9.90. The molecule has 1 atom stereocenters. The maximum atomic E-state index is 6.27. The van der Waals surface area contributed by atoms with Crippen LogP contribution < -0.4 is 5.32 Å². The monoisotopic (exact) mass is 225 g/mol. The lowest BCUT2D eigenvalue weighted by Crippen LogP contribution is -2.35. The summed E-state index contributed by atoms with van der Waals surface area (Å²) >= 11 is 6.27. The first-order valence-corrected chi connectivity index (χ1v) is 5.64. The number of rotatable bonds is 1. The van der Waals surface area contributed by atoms with Gasteiger partial charge in [0.25, 0.3) is 0 Å². The first-order chi connectivity index (χ1) is 7.18. The maximum absolute atomic E-state index is 6.27. The third-order valence-corrected chi connectivity index (χ3v) is 3.06. The molecule has 15 heavy (non-hydrogen) atoms. The van der Waals surface area contributed by atoms with Gasteiger partial charge in [-0.05, 0) is 36.6 Å². The lowest BCUT2D eigenvalue weighted by atomic mass is 9.99. The normalized spacial score (nSPS) is 21.7. The minimum Gasteiger partial charge on any atom is -0.378 e. The van der Waals surface area contributed by atoms with Crippen LogP contribution in [0, 0.1) is 13.8 Å². The lowest BCUT2D eigenvalue weighted by Gasteiger charge is -2.26. The van der Waals surface area contributed by atoms with Crippen LogP contribution in [0.3, 0.4) is 0 Å². The molecule has 1 aliphatic heterocycles. The number of hydrogen-bond acceptors (Lipinski definition) is 2. The molecule has 2 rings (SSSR count). The fraction of sp³-hybridized carbons (Fsp3) is 0.500. The van der Waals surface area contributed by atoms with Crippen molar-refractivity contribution < 1.29 is 4.74 Å². The van der Waals surface area contributed by atoms with Gasteiger partial charge in [-0.25, -0.2) is 0 Å². The molecule has 1 unspecified atom stereocenters. The molecule has 1 aliphatic rings. The molecule has 0 radical (unpaired) electrons. The number of halogens is 1. The first kappa shape index (κ1) is 10.9. The molecule has 2 nitrogen and oxygen atoms in total. The molecule has 1 aromatic carbocycles. The fourth-order valence-corrected chi connectivity index (χ4v) is 2.57. The highest BCUT2D eigenvalue weighted by molar-refractivity contribution is 6.31. The predicted molar refractivity (Wildman–Crippen MR) is 62.5 cm³/mol. The Morgan fingerprint density at radius 2 is 2.20 bits per heavy atom. The number of ether oxygens (including phenoxy) is 1. The van der Waals surface area contributed by atoms with Crippen LogP contribution in [0.1, 0.15) is 22.7 Å². The lowest BCUT2D eigenvalue weighted by molar-refractivity contribution is 0.0767. The molecular formula is C12H16ClNO. The van der Waals surface area contributed by atoms with E-state index in [1.54, 1.807) is 0 Å². The highest BCUT2D eigenvalue weighted by Gasteiger charge is 2.19. The Bertz CT molecular complexity index is 336. The van der Waals surface area contributed by atoms with Crippen LogP contribution in [0.4, 0.5) is 0 Å². The van der Waals surface area contributed by atoms with Crippen molar-refractivity contribution in [2.45, 2.75) is 19.9 Å². The van der Waals surface area contributed by atoms with Crippen molar-refractivity contribution in [1.29, 1.82) is 0 Å². The molecule has 0 bridgehead atoms. The second-order valence-corrected chi connectivity index (χ2v) is 4.47. The molecule has 0 aliphatic carbocycles. The average molecular weight is 226 g/mol. The summed E-state index contributed by atoms with van der Waals surface area (Å²) in [6.45, 7) is 6.56. The predicted octanol–water partition coefficient (Wildman–Crippen LogP) is 2.62. The van der Waals surface area contributed by atoms with Crippen LogP contribution in [-0.2, 0) is 4.74 Å². The third kappa shape index (κ3) is 2.33. The highest BCUT2D eigenvalue weighted by Crippen LogP contribution is 2.28. The van der Waals surface area contributed by atoms with Crippen molar-refractivity contribution in [1.82, 2.24) is 5.32 Å². The molecule has 0 saturated carbocycles. The van der Waals surface area contributed by atoms with Crippen molar-refractivity contribution in [2.75, 3.05) is 19.8 Å². The zero-order chi connectivity index (χ0) is 10.8. The molecule has 0 aromatic heterocycles. The van der Waals surface area contributed by atoms with Gasteiger partial charge in [-0.1, -0.05) is 17.7 Å². The molecule has 3 heteroatoms. The number of hydrogen-bond donors (Lipinski definition) is 1. The second-order valence-electron chi connectivity index (χ2n) is 4.06. The standard InChI is InChI=1S/C12H16ClNO/c1-8-5-9(2)12(10(13)6-8)11-7-15-4-3-14-11/h5-6,11,14H,3-4,7H2,1-2H3. The summed E-state index contributed by atoms with van der Waals surface area (Å²) in [6.07, 6.45) is 0. The van der Waals surface area contributed by atoms with E-state index in [1.165, 1.54) is 16.7 Å². The van der Waals surface area contributed by atoms with E-state index in [2.05, 4.69) is 25.2 Å². The van der Waals surface area contributed by atoms with Gasteiger partial charge in [-0.15, -0.1) is 0 Å². The van der Waals surface area contributed by atoms with Crippen LogP contribution in [0.2, 0.25) is 5.02 Å². The van der Waals surface area contributed by atoms with Crippen LogP contribution in [0.5, 0.6) is 0 Å². The van der Waals surface area contributed by atoms with Gasteiger partial charge in [0.2, 0.25) is 0 Å². The summed E-state index contributed by atoms with van der Waals surface area (Å²) in [4.78, 5) is 0. The van der Waals surface area contributed by atoms with E-state index < -0.39 is 0 Å². The average Bonchev–Trinajstić information content (AvgIpc) is 2.17. The molecule has 82 valence electrons. The topological polar surface area (TPSA) is 21.3 Å². The van der Waals surface area contributed by atoms with E-state index >= 15 is 0 Å². The highest BCUT2D eigenvalue weighted by atomic mass is 35.5. The largest absolute Gasteiger partial charge is 0.378 e. The van der Waals surface area contributed by atoms with Gasteiger partial charge >= 0.3 is 0 Å². The van der Waals surface area contributed by atoms with E-state index in [4.69, 9.17) is 16.3 Å². The van der Waals surface area contributed by atoms with Gasteiger partial charge in [-0.2, -0.15) is 0 Å². The molecule has 0 amide bonds. The van der Waals surface area contributed by atoms with Crippen LogP contribution in [-0.4, -0.2) is 19.8 Å². The molecule has 1 saturated heterocycles. The van der Waals surface area contributed by atoms with Crippen LogP contribution in [0.25, 0.3) is 0 Å². The zero-order valence-electron chi connectivity index (χ0n) is 9.14. The molecule has 1 heterocycles. The molecule has 0 spiro atoms. The Morgan fingerprint density at radius 1 is 1.40 bits per heavy atom. The second kappa shape index (κ2) is 4.52. The van der Waals surface area contributed by atoms with E-state index in [9.17, 15) is 0 Å². The van der Waals surface area contributed by atoms with Gasteiger partial charge in [0.1, 0.15) is 0 Å². The minimum absolute atomic E-state index is 0.242. The van der Waals surface area contributed by atoms with Gasteiger partial charge in [0.05, 0.1) is 19.3 Å². The maximum Gasteiger partial charge on any atom is 0.0662 e. The van der Waals surface area contributed by atoms with Gasteiger partial charge < -0.3 is 10.1 Å². The third-order valence-electron chi connectivity index (χ3n) is 2.75. The summed E-state index contributed by atoms with van der Waals surface area (Å²) in [7, 11) is 0. The minimum atomic E-state index is 0.242. The number of aryl methyl sites for hydroxylation is 2. The quantitative estimate of drug-likeness (QED) is 0.794. The van der Waals surface area contributed by atoms with Crippen LogP contribution in [0.15, 0.2) is 12.1 Å². The Hall–Kier alpha value is -0.570. The number of benzene rings is 1. The first-order valence-electron chi connectivity index (χ1n) is 5.26. The van der Waals surface area contributed by atoms with Crippen molar-refractivity contribution in [3.8, 4) is 0 Å². The van der Waals surface area contributed by atoms with Crippen molar-refractivity contribution in [2.24, 2.45) is 0 Å². The molecule has 1 N–H and O–H groups in total. The SMILES string of the molecule is Cc1cc(C)c(C2COCCN2)c(Cl)c1. The van der Waals surface area contributed by atoms with Gasteiger partial charge in [-0.3, -0.25) is 0 Å². The Kier molecular flexibility index (Phi) is 3.29. The van der Waals surface area contributed by atoms with E-state index in [0.29, 0.717) is 6.61 Å². The van der Waals surface area contributed by atoms with Crippen LogP contribution >= 0.6 is 11.6 Å². The molecule has 1 fully saturated rings. The Labute approximate surface area is 95.6 Å². The van der Waals surface area contributed by atoms with Crippen molar-refractivity contribution >= 4 is 11.6 Å². The van der Waals surface area contributed by atoms with E-state index in [1.807, 2.05) is 6.07 Å². The molecular weight excluding hydrogens is 210 g/mol. The summed E-state index contributed by atoms with van der Waals surface area (Å²) in [5.74, 6) is 0. The summed E-state index contributed by atoms with van der Waals surface area (Å²) in [5, 5.41) is 4.27. The van der Waals surface area contributed by atoms with E-state index in [-0.39, 0.29) is 6.04 Å². The fourth-order valence-electron chi connectivity index (χ4n) is 2.12. The van der Waals surface area contributed by atoms with Gasteiger partial charge in [0.15, 0.2) is 0 Å². The van der Waals surface area contributed by atoms with E-state index in [0.717, 1.165) is 18.2 Å². The summed E-state index contributed by atoms with van der Waals surface area (Å²) in [6, 6.07) is 4.42. The molecule has 1 aromatic rings. The summed E-state index contributed by atoms with van der Waals surface area (Å²) in [5.41, 5.74) is 3.63. The van der Waals surface area contributed by atoms with Gasteiger partial charge in [0, 0.05) is 11.6 Å². The smallest absolute Gasteiger partial charge is 0.0662 e. The summed E-state index contributed by atoms with van der Waals surface area (Å²) < 4.78 is 5.46. The Balaban J connectivity index is 2.33. The number of morpholine rings is 1. The number of nitrogens with one attached hydrogen (secondary N) is 1. The Morgan fingerprint density at radius 3 is 2.80 bits per heavy atom. The van der Waals surface area contributed by atoms with Crippen molar-refractivity contribution in [3.05, 3.63) is 33.8 Å². The van der Waals surface area contributed by atoms with Crippen molar-refractivity contribution in [3.63, 3.8) is 0 Å².